The molecular weight excluding hydrogens is 328 g/mol. The number of ketones is 1. The maximum atomic E-state index is 11.9. The largest absolute Gasteiger partial charge is 0.565 e. The Morgan fingerprint density at radius 3 is 2.69 bits per heavy atom. The van der Waals surface area contributed by atoms with Gasteiger partial charge in [-0.1, -0.05) is 26.0 Å². The predicted molar refractivity (Wildman–Crippen MR) is 99.4 cm³/mol. The van der Waals surface area contributed by atoms with E-state index in [0.29, 0.717) is 30.6 Å². The summed E-state index contributed by atoms with van der Waals surface area (Å²) in [6.45, 7) is 4.54. The Hall–Kier alpha value is -1.42. The summed E-state index contributed by atoms with van der Waals surface area (Å²) in [5.74, 6) is 1.05. The highest BCUT2D eigenvalue weighted by molar-refractivity contribution is 5.92. The minimum absolute atomic E-state index is 0.0759. The number of fused-ring (bicyclic) bond motifs is 5. The molecule has 4 nitrogen and oxygen atoms in total. The molecule has 4 aliphatic carbocycles. The van der Waals surface area contributed by atoms with E-state index in [9.17, 15) is 14.7 Å². The van der Waals surface area contributed by atoms with Crippen molar-refractivity contribution in [1.82, 2.24) is 0 Å². The standard InChI is InChI=1S/C22H30O4/c1-20-9-5-15(23)13-14(20)3-4-16-17(20)6-10-21(2)18(16)7-11-22(21,26)12-8-19(24)25/h3-4,13,16-18,26H,5-12H2,1-2H3,(H,24,25)/p+1/t16-,17-,18-,20-,21-,22+/m0/s1. The Kier molecular flexibility index (Phi) is 4.00. The third-order valence-electron chi connectivity index (χ3n) is 8.60. The van der Waals surface area contributed by atoms with Crippen LogP contribution in [0.2, 0.25) is 0 Å². The lowest BCUT2D eigenvalue weighted by atomic mass is 9.48. The highest BCUT2D eigenvalue weighted by Crippen LogP contribution is 2.66. The second kappa shape index (κ2) is 5.79. The van der Waals surface area contributed by atoms with E-state index in [1.807, 2.05) is 6.08 Å². The molecule has 26 heavy (non-hydrogen) atoms. The van der Waals surface area contributed by atoms with Crippen molar-refractivity contribution in [2.45, 2.75) is 70.8 Å². The van der Waals surface area contributed by atoms with Gasteiger partial charge in [-0.15, -0.1) is 0 Å². The van der Waals surface area contributed by atoms with Crippen LogP contribution < -0.4 is 0 Å². The third-order valence-corrected chi connectivity index (χ3v) is 8.60. The molecule has 0 aromatic carbocycles. The quantitative estimate of drug-likeness (QED) is 0.787. The molecule has 0 aromatic rings. The first-order chi connectivity index (χ1) is 12.2. The number of aliphatic hydroxyl groups is 1. The molecule has 4 heteroatoms. The fourth-order valence-corrected chi connectivity index (χ4v) is 6.84. The van der Waals surface area contributed by atoms with Crippen LogP contribution in [-0.2, 0) is 9.59 Å². The van der Waals surface area contributed by atoms with Crippen molar-refractivity contribution in [2.24, 2.45) is 28.6 Å². The molecule has 0 unspecified atom stereocenters. The molecule has 4 rings (SSSR count). The second-order valence-corrected chi connectivity index (χ2v) is 9.58. The molecule has 0 heterocycles. The predicted octanol–water partition coefficient (Wildman–Crippen LogP) is 3.06. The number of hydrogen-bond acceptors (Lipinski definition) is 3. The van der Waals surface area contributed by atoms with Gasteiger partial charge in [-0.3, -0.25) is 4.79 Å². The molecule has 2 fully saturated rings. The van der Waals surface area contributed by atoms with Crippen LogP contribution in [0.1, 0.15) is 65.2 Å². The summed E-state index contributed by atoms with van der Waals surface area (Å²) in [5.41, 5.74) is 0.265. The van der Waals surface area contributed by atoms with Crippen LogP contribution in [0, 0.1) is 28.6 Å². The molecule has 0 aliphatic heterocycles. The first-order valence-electron chi connectivity index (χ1n) is 10.1. The van der Waals surface area contributed by atoms with Gasteiger partial charge in [-0.25, -0.2) is 0 Å². The highest BCUT2D eigenvalue weighted by Gasteiger charge is 2.63. The van der Waals surface area contributed by atoms with Crippen LogP contribution in [0.15, 0.2) is 23.8 Å². The molecule has 142 valence electrons. The van der Waals surface area contributed by atoms with Gasteiger partial charge in [-0.05, 0) is 78.8 Å². The van der Waals surface area contributed by atoms with Crippen LogP contribution in [0.3, 0.4) is 0 Å². The molecule has 0 spiro atoms. The lowest BCUT2D eigenvalue weighted by Gasteiger charge is -2.57. The van der Waals surface area contributed by atoms with Crippen molar-refractivity contribution in [2.75, 3.05) is 0 Å². The van der Waals surface area contributed by atoms with Crippen molar-refractivity contribution < 1.29 is 19.8 Å². The fraction of sp³-hybridized carbons (Fsp3) is 0.727. The van der Waals surface area contributed by atoms with E-state index in [0.717, 1.165) is 32.1 Å². The maximum Gasteiger partial charge on any atom is 0.516 e. The van der Waals surface area contributed by atoms with Crippen LogP contribution in [-0.4, -0.2) is 27.6 Å². The molecule has 6 atom stereocenters. The number of allylic oxidation sites excluding steroid dienone is 4. The van der Waals surface area contributed by atoms with Gasteiger partial charge in [-0.2, -0.15) is 0 Å². The van der Waals surface area contributed by atoms with Gasteiger partial charge in [0, 0.05) is 11.2 Å². The van der Waals surface area contributed by atoms with E-state index in [2.05, 4.69) is 26.0 Å². The normalized spacial score (nSPS) is 47.0. The van der Waals surface area contributed by atoms with Gasteiger partial charge in [0.1, 0.15) is 6.42 Å². The fourth-order valence-electron chi connectivity index (χ4n) is 6.84. The van der Waals surface area contributed by atoms with Gasteiger partial charge in [0.15, 0.2) is 5.78 Å². The molecule has 0 radical (unpaired) electrons. The first-order valence-corrected chi connectivity index (χ1v) is 10.1. The number of carbonyl (C=O) groups excluding carboxylic acids is 2. The zero-order valence-corrected chi connectivity index (χ0v) is 15.9. The summed E-state index contributed by atoms with van der Waals surface area (Å²) in [6, 6.07) is 0. The Morgan fingerprint density at radius 2 is 1.96 bits per heavy atom. The van der Waals surface area contributed by atoms with Gasteiger partial charge in [0.05, 0.1) is 5.60 Å². The van der Waals surface area contributed by atoms with E-state index in [4.69, 9.17) is 5.11 Å². The van der Waals surface area contributed by atoms with Gasteiger partial charge in [0.2, 0.25) is 0 Å². The summed E-state index contributed by atoms with van der Waals surface area (Å²) in [7, 11) is 0. The van der Waals surface area contributed by atoms with E-state index in [-0.39, 0.29) is 23.0 Å². The highest BCUT2D eigenvalue weighted by atomic mass is 16.4. The summed E-state index contributed by atoms with van der Waals surface area (Å²) in [6.07, 6.45) is 12.2. The van der Waals surface area contributed by atoms with E-state index < -0.39 is 11.6 Å². The molecule has 0 bridgehead atoms. The second-order valence-electron chi connectivity index (χ2n) is 9.58. The minimum Gasteiger partial charge on any atom is -0.565 e. The number of carbonyl (C=O) groups is 2. The van der Waals surface area contributed by atoms with Crippen LogP contribution in [0.25, 0.3) is 0 Å². The SMILES string of the molecule is C[C@]12CCC(=O)C=C1C=C[C@H]1[C@@H]2CC[C@@]2(C)[C@H]1CC[C@@]2(O)CCC(=O)[OH2+]. The zero-order valence-electron chi connectivity index (χ0n) is 15.9. The van der Waals surface area contributed by atoms with E-state index >= 15 is 0 Å². The summed E-state index contributed by atoms with van der Waals surface area (Å²) < 4.78 is 0. The molecule has 4 aliphatic rings. The van der Waals surface area contributed by atoms with E-state index in [1.165, 1.54) is 5.57 Å². The summed E-state index contributed by atoms with van der Waals surface area (Å²) in [4.78, 5) is 23.1. The number of hydrogen-bond donors (Lipinski definition) is 1. The average Bonchev–Trinajstić information content (AvgIpc) is 2.86. The van der Waals surface area contributed by atoms with Gasteiger partial charge >= 0.3 is 5.97 Å². The monoisotopic (exact) mass is 359 g/mol. The molecule has 3 N–H and O–H groups in total. The zero-order chi connectivity index (χ0) is 18.7. The van der Waals surface area contributed by atoms with Crippen LogP contribution in [0.5, 0.6) is 0 Å². The summed E-state index contributed by atoms with van der Waals surface area (Å²) in [5, 5.41) is 18.6. The Balaban J connectivity index is 1.66. The Bertz CT molecular complexity index is 707. The van der Waals surface area contributed by atoms with Crippen molar-refractivity contribution in [3.05, 3.63) is 23.8 Å². The average molecular weight is 359 g/mol. The lowest BCUT2D eigenvalue weighted by molar-refractivity contribution is -0.144. The van der Waals surface area contributed by atoms with Crippen molar-refractivity contribution in [3.8, 4) is 0 Å². The molecule has 2 saturated carbocycles. The minimum atomic E-state index is -0.827. The third kappa shape index (κ3) is 2.37. The molecular formula is C22H31O4+. The van der Waals surface area contributed by atoms with E-state index in [1.54, 1.807) is 0 Å². The first kappa shape index (κ1) is 18.0. The topological polar surface area (TPSA) is 77.3 Å². The van der Waals surface area contributed by atoms with Crippen molar-refractivity contribution in [1.29, 1.82) is 0 Å². The maximum absolute atomic E-state index is 11.9. The van der Waals surface area contributed by atoms with Crippen LogP contribution >= 0.6 is 0 Å². The van der Waals surface area contributed by atoms with Crippen LogP contribution in [0.4, 0.5) is 0 Å². The van der Waals surface area contributed by atoms with Crippen molar-refractivity contribution in [3.63, 3.8) is 0 Å². The number of rotatable bonds is 3. The van der Waals surface area contributed by atoms with Crippen molar-refractivity contribution >= 4 is 11.8 Å². The Labute approximate surface area is 155 Å². The van der Waals surface area contributed by atoms with Gasteiger partial charge in [0.25, 0.3) is 0 Å². The Morgan fingerprint density at radius 1 is 1.23 bits per heavy atom. The summed E-state index contributed by atoms with van der Waals surface area (Å²) >= 11 is 0. The molecule has 0 amide bonds. The smallest absolute Gasteiger partial charge is 0.516 e. The lowest BCUT2D eigenvalue weighted by Crippen LogP contribution is -2.53. The molecule has 0 saturated heterocycles. The molecule has 0 aromatic heterocycles. The van der Waals surface area contributed by atoms with Gasteiger partial charge < -0.3 is 10.2 Å².